The number of carbonyl (C=O) groups excluding carboxylic acids is 1. The predicted octanol–water partition coefficient (Wildman–Crippen LogP) is 2.57. The highest BCUT2D eigenvalue weighted by Crippen LogP contribution is 2.22. The molecule has 0 aromatic heterocycles. The van der Waals surface area contributed by atoms with Crippen molar-refractivity contribution in [1.82, 2.24) is 0 Å². The van der Waals surface area contributed by atoms with Gasteiger partial charge in [-0.3, -0.25) is 4.79 Å². The first-order chi connectivity index (χ1) is 8.17. The lowest BCUT2D eigenvalue weighted by Crippen LogP contribution is -2.10. The maximum Gasteiger partial charge on any atom is 0.309 e. The van der Waals surface area contributed by atoms with Crippen molar-refractivity contribution in [2.24, 2.45) is 0 Å². The molecule has 17 heavy (non-hydrogen) atoms. The molecule has 1 aromatic rings. The highest BCUT2D eigenvalue weighted by molar-refractivity contribution is 6.17. The van der Waals surface area contributed by atoms with Crippen LogP contribution in [0.2, 0.25) is 0 Å². The van der Waals surface area contributed by atoms with Crippen LogP contribution in [0.1, 0.15) is 29.2 Å². The number of esters is 1. The Balaban J connectivity index is 3.30. The maximum atomic E-state index is 11.4. The lowest BCUT2D eigenvalue weighted by molar-refractivity contribution is -0.139. The zero-order valence-electron chi connectivity index (χ0n) is 9.92. The van der Waals surface area contributed by atoms with Gasteiger partial charge in [0.15, 0.2) is 0 Å². The lowest BCUT2D eigenvalue weighted by atomic mass is 9.93. The quantitative estimate of drug-likeness (QED) is 0.610. The molecule has 4 heteroatoms. The van der Waals surface area contributed by atoms with E-state index in [-0.39, 0.29) is 12.4 Å². The van der Waals surface area contributed by atoms with Gasteiger partial charge in [-0.1, -0.05) is 13.0 Å². The minimum absolute atomic E-state index is 0.164. The van der Waals surface area contributed by atoms with Crippen LogP contribution >= 0.6 is 11.6 Å². The second-order valence-corrected chi connectivity index (χ2v) is 3.85. The number of hydrogen-bond donors (Lipinski definition) is 0. The second kappa shape index (κ2) is 6.27. The Morgan fingerprint density at radius 1 is 1.47 bits per heavy atom. The summed E-state index contributed by atoms with van der Waals surface area (Å²) in [5, 5.41) is 9.03. The van der Waals surface area contributed by atoms with E-state index in [9.17, 15) is 4.79 Å². The zero-order chi connectivity index (χ0) is 12.8. The fourth-order valence-corrected chi connectivity index (χ4v) is 2.06. The van der Waals surface area contributed by atoms with Crippen molar-refractivity contribution in [2.75, 3.05) is 7.11 Å². The molecule has 90 valence electrons. The summed E-state index contributed by atoms with van der Waals surface area (Å²) in [4.78, 5) is 11.4. The zero-order valence-corrected chi connectivity index (χ0v) is 10.7. The highest BCUT2D eigenvalue weighted by atomic mass is 35.5. The van der Waals surface area contributed by atoms with Gasteiger partial charge in [0, 0.05) is 5.88 Å². The van der Waals surface area contributed by atoms with Gasteiger partial charge >= 0.3 is 5.97 Å². The minimum Gasteiger partial charge on any atom is -0.469 e. The number of rotatable bonds is 4. The van der Waals surface area contributed by atoms with Gasteiger partial charge in [0.25, 0.3) is 0 Å². The average Bonchev–Trinajstić information content (AvgIpc) is 2.37. The fraction of sp³-hybridized carbons (Fsp3) is 0.385. The monoisotopic (exact) mass is 251 g/mol. The molecule has 0 aliphatic heterocycles. The van der Waals surface area contributed by atoms with Gasteiger partial charge in [0.05, 0.1) is 25.2 Å². The van der Waals surface area contributed by atoms with Gasteiger partial charge in [0.2, 0.25) is 0 Å². The van der Waals surface area contributed by atoms with Crippen molar-refractivity contribution in [3.63, 3.8) is 0 Å². The average molecular weight is 252 g/mol. The van der Waals surface area contributed by atoms with Crippen LogP contribution in [0.5, 0.6) is 0 Å². The van der Waals surface area contributed by atoms with E-state index in [0.29, 0.717) is 17.9 Å². The summed E-state index contributed by atoms with van der Waals surface area (Å²) in [6.45, 7) is 1.95. The Hall–Kier alpha value is -1.53. The summed E-state index contributed by atoms with van der Waals surface area (Å²) in [7, 11) is 1.35. The van der Waals surface area contributed by atoms with E-state index in [2.05, 4.69) is 10.8 Å². The van der Waals surface area contributed by atoms with Gasteiger partial charge in [-0.2, -0.15) is 5.26 Å². The first-order valence-corrected chi connectivity index (χ1v) is 5.87. The molecule has 0 saturated heterocycles. The predicted molar refractivity (Wildman–Crippen MR) is 65.8 cm³/mol. The molecule has 3 nitrogen and oxygen atoms in total. The third kappa shape index (κ3) is 2.98. The number of alkyl halides is 1. The van der Waals surface area contributed by atoms with Gasteiger partial charge in [0.1, 0.15) is 0 Å². The third-order valence-corrected chi connectivity index (χ3v) is 2.98. The van der Waals surface area contributed by atoms with Crippen molar-refractivity contribution in [2.45, 2.75) is 25.6 Å². The van der Waals surface area contributed by atoms with Crippen LogP contribution in [-0.4, -0.2) is 13.1 Å². The SMILES string of the molecule is CCc1c(C#N)ccc(CCl)c1CC(=O)OC. The van der Waals surface area contributed by atoms with Crippen molar-refractivity contribution in [3.05, 3.63) is 34.4 Å². The first kappa shape index (κ1) is 13.5. The van der Waals surface area contributed by atoms with Crippen molar-refractivity contribution < 1.29 is 9.53 Å². The Bertz CT molecular complexity index is 463. The van der Waals surface area contributed by atoms with Crippen molar-refractivity contribution in [1.29, 1.82) is 5.26 Å². The Labute approximate surface area is 106 Å². The molecule has 0 radical (unpaired) electrons. The van der Waals surface area contributed by atoms with E-state index in [4.69, 9.17) is 16.9 Å². The molecule has 0 fully saturated rings. The normalized spacial score (nSPS) is 9.76. The van der Waals surface area contributed by atoms with Crippen LogP contribution in [0.15, 0.2) is 12.1 Å². The largest absolute Gasteiger partial charge is 0.469 e. The minimum atomic E-state index is -0.318. The second-order valence-electron chi connectivity index (χ2n) is 3.58. The molecule has 0 unspecified atom stereocenters. The summed E-state index contributed by atoms with van der Waals surface area (Å²) in [5.74, 6) is 0.00607. The fourth-order valence-electron chi connectivity index (χ4n) is 1.81. The van der Waals surface area contributed by atoms with Crippen LogP contribution in [0.4, 0.5) is 0 Å². The number of methoxy groups -OCH3 is 1. The molecule has 0 atom stereocenters. The summed E-state index contributed by atoms with van der Waals surface area (Å²) >= 11 is 5.85. The molecule has 1 rings (SSSR count). The molecular formula is C13H14ClNO2. The molecule has 0 heterocycles. The smallest absolute Gasteiger partial charge is 0.309 e. The maximum absolute atomic E-state index is 11.4. The Morgan fingerprint density at radius 3 is 2.65 bits per heavy atom. The molecule has 0 N–H and O–H groups in total. The third-order valence-electron chi connectivity index (χ3n) is 2.69. The van der Waals surface area contributed by atoms with Crippen LogP contribution in [0.25, 0.3) is 0 Å². The lowest BCUT2D eigenvalue weighted by Gasteiger charge is -2.13. The molecular weight excluding hydrogens is 238 g/mol. The topological polar surface area (TPSA) is 50.1 Å². The van der Waals surface area contributed by atoms with Gasteiger partial charge in [-0.05, 0) is 29.2 Å². The number of nitrogens with zero attached hydrogens (tertiary/aromatic N) is 1. The standard InChI is InChI=1S/C13H14ClNO2/c1-3-11-10(8-15)5-4-9(7-14)12(11)6-13(16)17-2/h4-5H,3,6-7H2,1-2H3. The van der Waals surface area contributed by atoms with E-state index in [1.165, 1.54) is 7.11 Å². The van der Waals surface area contributed by atoms with Gasteiger partial charge in [-0.15, -0.1) is 11.6 Å². The Morgan fingerprint density at radius 2 is 2.18 bits per heavy atom. The number of ether oxygens (including phenoxy) is 1. The summed E-state index contributed by atoms with van der Waals surface area (Å²) < 4.78 is 4.66. The van der Waals surface area contributed by atoms with Crippen LogP contribution in [0.3, 0.4) is 0 Å². The van der Waals surface area contributed by atoms with E-state index < -0.39 is 0 Å². The van der Waals surface area contributed by atoms with E-state index in [1.54, 1.807) is 12.1 Å². The molecule has 0 aliphatic carbocycles. The van der Waals surface area contributed by atoms with Gasteiger partial charge < -0.3 is 4.74 Å². The van der Waals surface area contributed by atoms with Gasteiger partial charge in [-0.25, -0.2) is 0 Å². The van der Waals surface area contributed by atoms with Crippen molar-refractivity contribution >= 4 is 17.6 Å². The molecule has 0 aliphatic rings. The molecule has 0 bridgehead atoms. The van der Waals surface area contributed by atoms with Crippen LogP contribution < -0.4 is 0 Å². The number of benzene rings is 1. The van der Waals surface area contributed by atoms with Crippen LogP contribution in [0, 0.1) is 11.3 Å². The molecule has 0 saturated carbocycles. The number of carbonyl (C=O) groups is 1. The molecule has 0 spiro atoms. The summed E-state index contributed by atoms with van der Waals surface area (Å²) in [6.07, 6.45) is 0.858. The highest BCUT2D eigenvalue weighted by Gasteiger charge is 2.15. The summed E-state index contributed by atoms with van der Waals surface area (Å²) in [6, 6.07) is 5.68. The van der Waals surface area contributed by atoms with Crippen LogP contribution in [-0.2, 0) is 28.3 Å². The molecule has 1 aromatic carbocycles. The summed E-state index contributed by atoms with van der Waals surface area (Å²) in [5.41, 5.74) is 3.19. The number of hydrogen-bond acceptors (Lipinski definition) is 3. The van der Waals surface area contributed by atoms with E-state index in [1.807, 2.05) is 6.92 Å². The first-order valence-electron chi connectivity index (χ1n) is 5.34. The number of nitriles is 1. The molecule has 0 amide bonds. The van der Waals surface area contributed by atoms with Crippen molar-refractivity contribution in [3.8, 4) is 6.07 Å². The van der Waals surface area contributed by atoms with E-state index >= 15 is 0 Å². The number of halogens is 1. The van der Waals surface area contributed by atoms with E-state index in [0.717, 1.165) is 16.7 Å². The Kier molecular flexibility index (Phi) is 4.99.